The van der Waals surface area contributed by atoms with Gasteiger partial charge in [-0.05, 0) is 183 Å². The molecule has 10 aromatic carbocycles. The smallest absolute Gasteiger partial charge is 0.0719 e. The van der Waals surface area contributed by atoms with Crippen molar-refractivity contribution in [1.82, 2.24) is 4.57 Å². The molecule has 2 bridgehead atoms. The minimum Gasteiger partial charge on any atom is -0.310 e. The summed E-state index contributed by atoms with van der Waals surface area (Å²) in [6, 6.07) is 91.8. The number of rotatable bonds is 7. The molecule has 2 fully saturated rings. The Kier molecular flexibility index (Phi) is 10.1. The van der Waals surface area contributed by atoms with Crippen molar-refractivity contribution < 1.29 is 0 Å². The average Bonchev–Trinajstić information content (AvgIpc) is 3.95. The molecule has 2 nitrogen and oxygen atoms in total. The molecule has 1 spiro atoms. The summed E-state index contributed by atoms with van der Waals surface area (Å²) in [5, 5.41) is 2.55. The zero-order valence-corrected chi connectivity index (χ0v) is 41.9. The van der Waals surface area contributed by atoms with E-state index in [9.17, 15) is 0 Å². The molecule has 74 heavy (non-hydrogen) atoms. The molecule has 3 unspecified atom stereocenters. The average molecular weight is 951 g/mol. The van der Waals surface area contributed by atoms with Crippen LogP contribution in [0.4, 0.5) is 17.1 Å². The number of hydrogen-bond donors (Lipinski definition) is 0. The van der Waals surface area contributed by atoms with Crippen molar-refractivity contribution in [3.63, 3.8) is 0 Å². The molecule has 0 N–H and O–H groups in total. The van der Waals surface area contributed by atoms with E-state index < -0.39 is 5.41 Å². The van der Waals surface area contributed by atoms with Gasteiger partial charge in [0.15, 0.2) is 0 Å². The van der Waals surface area contributed by atoms with E-state index in [1.54, 1.807) is 0 Å². The van der Waals surface area contributed by atoms with Crippen LogP contribution in [-0.2, 0) is 5.41 Å². The van der Waals surface area contributed by atoms with E-state index >= 15 is 0 Å². The van der Waals surface area contributed by atoms with Gasteiger partial charge in [-0.1, -0.05) is 189 Å². The summed E-state index contributed by atoms with van der Waals surface area (Å²) in [6.45, 7) is 2.51. The first kappa shape index (κ1) is 43.4. The van der Waals surface area contributed by atoms with E-state index in [1.807, 2.05) is 0 Å². The first-order chi connectivity index (χ1) is 36.6. The molecule has 2 saturated carbocycles. The predicted molar refractivity (Wildman–Crippen MR) is 308 cm³/mol. The van der Waals surface area contributed by atoms with Crippen molar-refractivity contribution in [3.8, 4) is 39.1 Å². The van der Waals surface area contributed by atoms with Crippen LogP contribution in [0.3, 0.4) is 0 Å². The summed E-state index contributed by atoms with van der Waals surface area (Å²) < 4.78 is 2.41. The lowest BCUT2D eigenvalue weighted by molar-refractivity contribution is 0.0958. The van der Waals surface area contributed by atoms with E-state index in [0.717, 1.165) is 34.8 Å². The molecule has 356 valence electrons. The zero-order valence-electron chi connectivity index (χ0n) is 41.9. The number of para-hydroxylation sites is 2. The van der Waals surface area contributed by atoms with Crippen molar-refractivity contribution in [1.29, 1.82) is 0 Å². The lowest BCUT2D eigenvalue weighted by atomic mass is 9.54. The number of nitrogens with zero attached hydrogens (tertiary/aromatic N) is 2. The van der Waals surface area contributed by atoms with Crippen LogP contribution in [0.25, 0.3) is 60.9 Å². The Morgan fingerprint density at radius 1 is 0.378 bits per heavy atom. The normalized spacial score (nSPS) is 19.9. The van der Waals surface area contributed by atoms with E-state index in [2.05, 4.69) is 259 Å². The second-order valence-corrected chi connectivity index (χ2v) is 22.2. The van der Waals surface area contributed by atoms with Crippen molar-refractivity contribution in [3.05, 3.63) is 276 Å². The van der Waals surface area contributed by atoms with Crippen LogP contribution in [0.2, 0.25) is 0 Å². The maximum atomic E-state index is 2.64. The monoisotopic (exact) mass is 950 g/mol. The van der Waals surface area contributed by atoms with E-state index in [-0.39, 0.29) is 5.92 Å². The highest BCUT2D eigenvalue weighted by Crippen LogP contribution is 2.64. The van der Waals surface area contributed by atoms with E-state index in [4.69, 9.17) is 0 Å². The third-order valence-corrected chi connectivity index (χ3v) is 17.9. The Hall–Kier alpha value is -8.20. The topological polar surface area (TPSA) is 8.17 Å². The highest BCUT2D eigenvalue weighted by atomic mass is 15.1. The molecular weight excluding hydrogens is 893 g/mol. The lowest BCUT2D eigenvalue weighted by Crippen LogP contribution is -2.40. The fourth-order valence-corrected chi connectivity index (χ4v) is 15.3. The second-order valence-electron chi connectivity index (χ2n) is 22.2. The van der Waals surface area contributed by atoms with Crippen molar-refractivity contribution >= 4 is 38.9 Å². The fourth-order valence-electron chi connectivity index (χ4n) is 15.3. The molecule has 11 aromatic rings. The first-order valence-corrected chi connectivity index (χ1v) is 27.2. The summed E-state index contributed by atoms with van der Waals surface area (Å²) in [7, 11) is 0. The minimum atomic E-state index is -0.426. The molecule has 0 radical (unpaired) electrons. The van der Waals surface area contributed by atoms with Gasteiger partial charge < -0.3 is 9.47 Å². The second kappa shape index (κ2) is 17.2. The number of hydrogen-bond acceptors (Lipinski definition) is 1. The molecule has 0 amide bonds. The Morgan fingerprint density at radius 3 is 1.53 bits per heavy atom. The van der Waals surface area contributed by atoms with Gasteiger partial charge in [-0.25, -0.2) is 0 Å². The summed E-state index contributed by atoms with van der Waals surface area (Å²) in [5.74, 6) is 3.28. The summed E-state index contributed by atoms with van der Waals surface area (Å²) in [6.07, 6.45) is 6.74. The highest BCUT2D eigenvalue weighted by molar-refractivity contribution is 6.09. The van der Waals surface area contributed by atoms with Crippen LogP contribution < -0.4 is 4.90 Å². The highest BCUT2D eigenvalue weighted by Gasteiger charge is 2.53. The SMILES string of the molecule is CC1C[C@@H]2CC(C3c4ccccc4C4(c5ccccc5-c5ccccc54)c4ccc(N(c5ccc(-c6ccccc6)cc5)c5ccc(-c6cccc(-n7c8ccccc8c8ccccc87)c6)cc5)cc43)C[C@H](C1)C2. The van der Waals surface area contributed by atoms with Crippen LogP contribution in [0.1, 0.15) is 78.3 Å². The lowest BCUT2D eigenvalue weighted by Gasteiger charge is -2.49. The molecule has 5 atom stereocenters. The number of fused-ring (bicyclic) bond motifs is 14. The standard InChI is InChI=1S/C72H58N2/c1-47-40-48-42-49(41-47)44-54(43-48)71-63-24-7-12-27-67(63)72(65-25-10-5-20-59(65)60-21-6-11-26-66(60)72)68-39-38-58(46-64(68)71)73(55-34-30-51(31-35-55)50-16-3-2-4-17-50)56-36-32-52(33-37-56)53-18-15-19-57(45-53)74-69-28-13-8-22-61(69)62-23-9-14-29-70(62)74/h2-39,45-49,54,71H,40-44H2,1H3/t47?,48-,49+,54?,71?. The van der Waals surface area contributed by atoms with Crippen LogP contribution in [0, 0.1) is 23.7 Å². The van der Waals surface area contributed by atoms with Crippen LogP contribution >= 0.6 is 0 Å². The van der Waals surface area contributed by atoms with Gasteiger partial charge in [0, 0.05) is 39.4 Å². The van der Waals surface area contributed by atoms with Gasteiger partial charge in [-0.15, -0.1) is 0 Å². The molecule has 0 aliphatic heterocycles. The third-order valence-electron chi connectivity index (χ3n) is 17.9. The van der Waals surface area contributed by atoms with E-state index in [0.29, 0.717) is 5.92 Å². The van der Waals surface area contributed by atoms with Crippen LogP contribution in [0.5, 0.6) is 0 Å². The Labute approximate surface area is 435 Å². The van der Waals surface area contributed by atoms with Crippen molar-refractivity contribution in [2.24, 2.45) is 23.7 Å². The van der Waals surface area contributed by atoms with Gasteiger partial charge >= 0.3 is 0 Å². The maximum Gasteiger partial charge on any atom is 0.0719 e. The maximum absolute atomic E-state index is 2.64. The van der Waals surface area contributed by atoms with Gasteiger partial charge in [-0.3, -0.25) is 0 Å². The van der Waals surface area contributed by atoms with Gasteiger partial charge in [0.1, 0.15) is 0 Å². The molecule has 1 heterocycles. The van der Waals surface area contributed by atoms with E-state index in [1.165, 1.54) is 126 Å². The molecule has 15 rings (SSSR count). The quantitative estimate of drug-likeness (QED) is 0.155. The Bertz CT molecular complexity index is 3820. The summed E-state index contributed by atoms with van der Waals surface area (Å²) >= 11 is 0. The Balaban J connectivity index is 0.904. The predicted octanol–water partition coefficient (Wildman–Crippen LogP) is 18.9. The van der Waals surface area contributed by atoms with Crippen molar-refractivity contribution in [2.75, 3.05) is 4.90 Å². The van der Waals surface area contributed by atoms with Crippen LogP contribution in [0.15, 0.2) is 243 Å². The summed E-state index contributed by atoms with van der Waals surface area (Å²) in [4.78, 5) is 2.52. The fraction of sp³-hybridized carbons (Fsp3) is 0.167. The third kappa shape index (κ3) is 6.70. The van der Waals surface area contributed by atoms with Crippen molar-refractivity contribution in [2.45, 2.75) is 50.4 Å². The minimum absolute atomic E-state index is 0.289. The molecule has 1 aromatic heterocycles. The number of anilines is 3. The number of benzene rings is 10. The van der Waals surface area contributed by atoms with Gasteiger partial charge in [0.05, 0.1) is 16.4 Å². The molecule has 0 saturated heterocycles. The van der Waals surface area contributed by atoms with Gasteiger partial charge in [0.25, 0.3) is 0 Å². The Morgan fingerprint density at radius 2 is 0.878 bits per heavy atom. The summed E-state index contributed by atoms with van der Waals surface area (Å²) in [5.41, 5.74) is 22.9. The molecule has 4 aliphatic rings. The molecule has 2 heteroatoms. The molecular formula is C72H58N2. The zero-order chi connectivity index (χ0) is 48.9. The van der Waals surface area contributed by atoms with Crippen LogP contribution in [-0.4, -0.2) is 4.57 Å². The van der Waals surface area contributed by atoms with Gasteiger partial charge in [-0.2, -0.15) is 0 Å². The molecule has 4 aliphatic carbocycles. The largest absolute Gasteiger partial charge is 0.310 e. The number of aromatic nitrogens is 1. The first-order valence-electron chi connectivity index (χ1n) is 27.2. The van der Waals surface area contributed by atoms with Gasteiger partial charge in [0.2, 0.25) is 0 Å².